The highest BCUT2D eigenvalue weighted by Crippen LogP contribution is 2.33. The van der Waals surface area contributed by atoms with E-state index >= 15 is 0 Å². The molecule has 0 spiro atoms. The Labute approximate surface area is 119 Å². The summed E-state index contributed by atoms with van der Waals surface area (Å²) in [5.74, 6) is 0.822. The summed E-state index contributed by atoms with van der Waals surface area (Å²) in [5.41, 5.74) is 1.36. The number of carbonyl (C=O) groups is 1. The number of nitriles is 1. The standard InChI is InChI=1S/C15H9NO3S/c16-7-12(5-10-3-4-20-8-10)15(17)11-1-2-13-14(6-11)19-9-18-13/h1-6,8H,9H2. The molecule has 2 aromatic rings. The van der Waals surface area contributed by atoms with E-state index in [1.54, 1.807) is 24.3 Å². The van der Waals surface area contributed by atoms with Crippen LogP contribution >= 0.6 is 11.3 Å². The molecule has 0 fully saturated rings. The molecule has 0 saturated carbocycles. The number of thiophene rings is 1. The summed E-state index contributed by atoms with van der Waals surface area (Å²) in [5, 5.41) is 12.9. The highest BCUT2D eigenvalue weighted by Gasteiger charge is 2.18. The van der Waals surface area contributed by atoms with E-state index in [4.69, 9.17) is 14.7 Å². The van der Waals surface area contributed by atoms with Crippen LogP contribution in [0.3, 0.4) is 0 Å². The summed E-state index contributed by atoms with van der Waals surface area (Å²) >= 11 is 1.51. The molecule has 0 unspecified atom stereocenters. The molecular formula is C15H9NO3S. The van der Waals surface area contributed by atoms with E-state index < -0.39 is 0 Å². The molecule has 0 atom stereocenters. The third-order valence-corrected chi connectivity index (χ3v) is 3.56. The van der Waals surface area contributed by atoms with Gasteiger partial charge in [0, 0.05) is 5.56 Å². The van der Waals surface area contributed by atoms with Crippen molar-refractivity contribution in [3.8, 4) is 17.6 Å². The number of benzene rings is 1. The van der Waals surface area contributed by atoms with Crippen LogP contribution in [0.2, 0.25) is 0 Å². The first-order valence-electron chi connectivity index (χ1n) is 5.86. The minimum atomic E-state index is -0.322. The molecule has 1 aliphatic rings. The lowest BCUT2D eigenvalue weighted by molar-refractivity contribution is 0.103. The maximum absolute atomic E-state index is 12.3. The SMILES string of the molecule is N#CC(=Cc1ccsc1)C(=O)c1ccc2c(c1)OCO2. The summed E-state index contributed by atoms with van der Waals surface area (Å²) < 4.78 is 10.4. The average molecular weight is 283 g/mol. The first kappa shape index (κ1) is 12.5. The van der Waals surface area contributed by atoms with Gasteiger partial charge in [0.2, 0.25) is 12.6 Å². The maximum Gasteiger partial charge on any atom is 0.231 e. The number of ether oxygens (including phenoxy) is 2. The Balaban J connectivity index is 1.93. The Morgan fingerprint density at radius 1 is 1.30 bits per heavy atom. The van der Waals surface area contributed by atoms with Gasteiger partial charge in [0.1, 0.15) is 11.6 Å². The van der Waals surface area contributed by atoms with Gasteiger partial charge in [-0.15, -0.1) is 0 Å². The molecule has 3 rings (SSSR count). The van der Waals surface area contributed by atoms with E-state index in [9.17, 15) is 4.79 Å². The van der Waals surface area contributed by atoms with Crippen molar-refractivity contribution in [2.24, 2.45) is 0 Å². The monoisotopic (exact) mass is 283 g/mol. The highest BCUT2D eigenvalue weighted by atomic mass is 32.1. The molecule has 20 heavy (non-hydrogen) atoms. The summed E-state index contributed by atoms with van der Waals surface area (Å²) in [6.45, 7) is 0.156. The van der Waals surface area contributed by atoms with Gasteiger partial charge in [-0.25, -0.2) is 0 Å². The van der Waals surface area contributed by atoms with Crippen molar-refractivity contribution < 1.29 is 14.3 Å². The van der Waals surface area contributed by atoms with Crippen LogP contribution in [0.5, 0.6) is 11.5 Å². The zero-order chi connectivity index (χ0) is 13.9. The second-order valence-corrected chi connectivity index (χ2v) is 4.90. The third-order valence-electron chi connectivity index (χ3n) is 2.85. The molecular weight excluding hydrogens is 274 g/mol. The molecule has 2 heterocycles. The number of fused-ring (bicyclic) bond motifs is 1. The number of hydrogen-bond donors (Lipinski definition) is 0. The van der Waals surface area contributed by atoms with E-state index in [0.717, 1.165) is 5.56 Å². The highest BCUT2D eigenvalue weighted by molar-refractivity contribution is 7.08. The van der Waals surface area contributed by atoms with Crippen molar-refractivity contribution in [1.82, 2.24) is 0 Å². The second kappa shape index (κ2) is 5.19. The Morgan fingerprint density at radius 3 is 2.90 bits per heavy atom. The van der Waals surface area contributed by atoms with E-state index in [1.165, 1.54) is 11.3 Å². The molecule has 0 aliphatic carbocycles. The van der Waals surface area contributed by atoms with Gasteiger partial charge in [0.15, 0.2) is 11.5 Å². The van der Waals surface area contributed by atoms with Crippen LogP contribution in [0.15, 0.2) is 40.6 Å². The Kier molecular flexibility index (Phi) is 3.23. The van der Waals surface area contributed by atoms with E-state index in [0.29, 0.717) is 17.1 Å². The lowest BCUT2D eigenvalue weighted by atomic mass is 10.0. The molecule has 0 saturated heterocycles. The molecule has 1 aliphatic heterocycles. The molecule has 0 bridgehead atoms. The molecule has 1 aromatic heterocycles. The fourth-order valence-electron chi connectivity index (χ4n) is 1.87. The number of carbonyl (C=O) groups excluding carboxylic acids is 1. The van der Waals surface area contributed by atoms with Crippen LogP contribution in [0.4, 0.5) is 0 Å². The van der Waals surface area contributed by atoms with Gasteiger partial charge in [-0.1, -0.05) is 0 Å². The minimum absolute atomic E-state index is 0.0993. The van der Waals surface area contributed by atoms with Gasteiger partial charge in [0.05, 0.1) is 0 Å². The molecule has 98 valence electrons. The number of rotatable bonds is 3. The van der Waals surface area contributed by atoms with Crippen molar-refractivity contribution in [3.05, 3.63) is 51.7 Å². The topological polar surface area (TPSA) is 59.3 Å². The van der Waals surface area contributed by atoms with Crippen molar-refractivity contribution in [1.29, 1.82) is 5.26 Å². The van der Waals surface area contributed by atoms with Gasteiger partial charge in [-0.3, -0.25) is 4.79 Å². The zero-order valence-electron chi connectivity index (χ0n) is 10.3. The second-order valence-electron chi connectivity index (χ2n) is 4.12. The van der Waals surface area contributed by atoms with Crippen LogP contribution in [0, 0.1) is 11.3 Å². The van der Waals surface area contributed by atoms with Crippen LogP contribution < -0.4 is 9.47 Å². The van der Waals surface area contributed by atoms with E-state index in [-0.39, 0.29) is 18.1 Å². The Hall–Kier alpha value is -2.58. The minimum Gasteiger partial charge on any atom is -0.454 e. The molecule has 0 radical (unpaired) electrons. The summed E-state index contributed by atoms with van der Waals surface area (Å²) in [4.78, 5) is 12.3. The Bertz CT molecular complexity index is 726. The lowest BCUT2D eigenvalue weighted by Gasteiger charge is -2.01. The van der Waals surface area contributed by atoms with Gasteiger partial charge < -0.3 is 9.47 Å². The summed E-state index contributed by atoms with van der Waals surface area (Å²) in [7, 11) is 0. The van der Waals surface area contributed by atoms with Gasteiger partial charge in [0.25, 0.3) is 0 Å². The zero-order valence-corrected chi connectivity index (χ0v) is 11.1. The van der Waals surface area contributed by atoms with Gasteiger partial charge in [-0.2, -0.15) is 16.6 Å². The summed E-state index contributed by atoms with van der Waals surface area (Å²) in [6, 6.07) is 8.72. The first-order valence-corrected chi connectivity index (χ1v) is 6.80. The van der Waals surface area contributed by atoms with Gasteiger partial charge >= 0.3 is 0 Å². The van der Waals surface area contributed by atoms with Crippen molar-refractivity contribution in [2.75, 3.05) is 6.79 Å². The number of hydrogen-bond acceptors (Lipinski definition) is 5. The van der Waals surface area contributed by atoms with Crippen LogP contribution in [-0.4, -0.2) is 12.6 Å². The molecule has 5 heteroatoms. The van der Waals surface area contributed by atoms with Crippen molar-refractivity contribution >= 4 is 23.2 Å². The number of nitrogens with zero attached hydrogens (tertiary/aromatic N) is 1. The maximum atomic E-state index is 12.3. The fraction of sp³-hybridized carbons (Fsp3) is 0.0667. The smallest absolute Gasteiger partial charge is 0.231 e. The van der Waals surface area contributed by atoms with Crippen LogP contribution in [0.1, 0.15) is 15.9 Å². The number of Topliss-reactive ketones (excluding diaryl/α,β-unsaturated/α-hetero) is 1. The predicted molar refractivity (Wildman–Crippen MR) is 74.8 cm³/mol. The third kappa shape index (κ3) is 2.29. The van der Waals surface area contributed by atoms with Crippen LogP contribution in [-0.2, 0) is 0 Å². The first-order chi connectivity index (χ1) is 9.78. The summed E-state index contributed by atoms with van der Waals surface area (Å²) in [6.07, 6.45) is 1.59. The van der Waals surface area contributed by atoms with Crippen LogP contribution in [0.25, 0.3) is 6.08 Å². The fourth-order valence-corrected chi connectivity index (χ4v) is 2.48. The predicted octanol–water partition coefficient (Wildman–Crippen LogP) is 3.27. The Morgan fingerprint density at radius 2 is 2.15 bits per heavy atom. The molecule has 0 N–H and O–H groups in total. The molecule has 1 aromatic carbocycles. The molecule has 0 amide bonds. The normalized spacial score (nSPS) is 13.1. The van der Waals surface area contributed by atoms with E-state index in [2.05, 4.69) is 0 Å². The van der Waals surface area contributed by atoms with Crippen molar-refractivity contribution in [3.63, 3.8) is 0 Å². The van der Waals surface area contributed by atoms with E-state index in [1.807, 2.05) is 22.9 Å². The van der Waals surface area contributed by atoms with Gasteiger partial charge in [-0.05, 0) is 46.7 Å². The average Bonchev–Trinajstić information content (AvgIpc) is 3.14. The molecule has 4 nitrogen and oxygen atoms in total. The quantitative estimate of drug-likeness (QED) is 0.493. The van der Waals surface area contributed by atoms with Crippen molar-refractivity contribution in [2.45, 2.75) is 0 Å². The largest absolute Gasteiger partial charge is 0.454 e. The lowest BCUT2D eigenvalue weighted by Crippen LogP contribution is -2.01. The number of allylic oxidation sites excluding steroid dienone is 1. The number of ketones is 1.